The van der Waals surface area contributed by atoms with Gasteiger partial charge in [0.1, 0.15) is 0 Å². The number of ether oxygens (including phenoxy) is 1. The largest absolute Gasteiger partial charge is 0.479 e. The normalized spacial score (nSPS) is 20.1. The minimum Gasteiger partial charge on any atom is -0.479 e. The van der Waals surface area contributed by atoms with Gasteiger partial charge in [0.05, 0.1) is 13.0 Å². The quantitative estimate of drug-likeness (QED) is 0.719. The van der Waals surface area contributed by atoms with Crippen molar-refractivity contribution in [2.45, 2.75) is 19.4 Å². The fourth-order valence-electron chi connectivity index (χ4n) is 1.45. The smallest absolute Gasteiger partial charge is 0.229 e. The highest BCUT2D eigenvalue weighted by atomic mass is 16.7. The molecule has 0 aromatic heterocycles. The highest BCUT2D eigenvalue weighted by molar-refractivity contribution is 5.77. The molecule has 0 bridgehead atoms. The molecule has 0 radical (unpaired) electrons. The van der Waals surface area contributed by atoms with Crippen molar-refractivity contribution in [3.05, 3.63) is 35.9 Å². The summed E-state index contributed by atoms with van der Waals surface area (Å²) in [4.78, 5) is 5.27. The van der Waals surface area contributed by atoms with Gasteiger partial charge in [0.2, 0.25) is 5.90 Å². The van der Waals surface area contributed by atoms with Crippen molar-refractivity contribution in [3.8, 4) is 0 Å². The first kappa shape index (κ1) is 9.06. The molecule has 74 valence electrons. The number of benzene rings is 1. The molecular weight excluding hydrogens is 178 g/mol. The molecule has 0 amide bonds. The maximum atomic E-state index is 5.28. The Morgan fingerprint density at radius 3 is 2.93 bits per heavy atom. The molecule has 1 aliphatic heterocycles. The summed E-state index contributed by atoms with van der Waals surface area (Å²) in [5.74, 6) is 0.696. The first-order valence-electron chi connectivity index (χ1n) is 4.80. The lowest BCUT2D eigenvalue weighted by Crippen LogP contribution is -2.03. The van der Waals surface area contributed by atoms with E-state index in [0.717, 1.165) is 12.0 Å². The summed E-state index contributed by atoms with van der Waals surface area (Å²) in [6.07, 6.45) is 0.760. The van der Waals surface area contributed by atoms with E-state index < -0.39 is 0 Å². The van der Waals surface area contributed by atoms with E-state index >= 15 is 0 Å². The average Bonchev–Trinajstić information content (AvgIpc) is 2.68. The topological polar surface area (TPSA) is 30.8 Å². The molecule has 0 fully saturated rings. The predicted molar refractivity (Wildman–Crippen MR) is 53.9 cm³/mol. The Kier molecular flexibility index (Phi) is 2.68. The number of oxime groups is 1. The molecule has 0 aliphatic carbocycles. The van der Waals surface area contributed by atoms with Crippen LogP contribution in [-0.2, 0) is 9.57 Å². The third kappa shape index (κ3) is 1.87. The van der Waals surface area contributed by atoms with E-state index in [1.54, 1.807) is 0 Å². The molecule has 1 unspecified atom stereocenters. The molecule has 1 heterocycles. The van der Waals surface area contributed by atoms with Crippen LogP contribution in [0, 0.1) is 0 Å². The van der Waals surface area contributed by atoms with Crippen LogP contribution in [0.5, 0.6) is 0 Å². The molecule has 1 atom stereocenters. The second-order valence-corrected chi connectivity index (χ2v) is 3.13. The van der Waals surface area contributed by atoms with Gasteiger partial charge in [0.15, 0.2) is 6.10 Å². The Bertz CT molecular complexity index is 321. The maximum Gasteiger partial charge on any atom is 0.229 e. The summed E-state index contributed by atoms with van der Waals surface area (Å²) in [6.45, 7) is 2.59. The predicted octanol–water partition coefficient (Wildman–Crippen LogP) is 2.50. The van der Waals surface area contributed by atoms with Crippen LogP contribution < -0.4 is 0 Å². The van der Waals surface area contributed by atoms with Gasteiger partial charge in [-0.15, -0.1) is 0 Å². The standard InChI is InChI=1S/C11H13NO2/c1-2-13-11-8-10(14-12-11)9-6-4-3-5-7-9/h3-7,10H,2,8H2,1H3. The van der Waals surface area contributed by atoms with Crippen LogP contribution in [0.4, 0.5) is 0 Å². The summed E-state index contributed by atoms with van der Waals surface area (Å²) in [5, 5.41) is 3.88. The van der Waals surface area contributed by atoms with Gasteiger partial charge in [-0.2, -0.15) is 0 Å². The monoisotopic (exact) mass is 191 g/mol. The molecule has 3 nitrogen and oxygen atoms in total. The van der Waals surface area contributed by atoms with Gasteiger partial charge in [-0.1, -0.05) is 35.5 Å². The molecule has 3 heteroatoms. The molecule has 0 N–H and O–H groups in total. The van der Waals surface area contributed by atoms with Crippen LogP contribution >= 0.6 is 0 Å². The number of hydrogen-bond donors (Lipinski definition) is 0. The van der Waals surface area contributed by atoms with Crippen LogP contribution in [0.1, 0.15) is 25.0 Å². The molecule has 1 aliphatic rings. The van der Waals surface area contributed by atoms with Gasteiger partial charge in [-0.25, -0.2) is 0 Å². The Labute approximate surface area is 83.3 Å². The second kappa shape index (κ2) is 4.13. The fraction of sp³-hybridized carbons (Fsp3) is 0.364. The average molecular weight is 191 g/mol. The number of hydrogen-bond acceptors (Lipinski definition) is 3. The molecule has 0 spiro atoms. The Morgan fingerprint density at radius 1 is 1.43 bits per heavy atom. The third-order valence-corrected chi connectivity index (χ3v) is 2.12. The van der Waals surface area contributed by atoms with E-state index in [1.807, 2.05) is 37.3 Å². The van der Waals surface area contributed by atoms with Crippen molar-refractivity contribution in [1.82, 2.24) is 0 Å². The molecule has 2 rings (SSSR count). The lowest BCUT2D eigenvalue weighted by Gasteiger charge is -2.06. The summed E-state index contributed by atoms with van der Waals surface area (Å²) >= 11 is 0. The Hall–Kier alpha value is -1.51. The van der Waals surface area contributed by atoms with Gasteiger partial charge >= 0.3 is 0 Å². The van der Waals surface area contributed by atoms with Gasteiger partial charge in [0.25, 0.3) is 0 Å². The highest BCUT2D eigenvalue weighted by Gasteiger charge is 2.23. The SMILES string of the molecule is CCOC1=NOC(c2ccccc2)C1. The van der Waals surface area contributed by atoms with Crippen molar-refractivity contribution in [2.24, 2.45) is 5.16 Å². The van der Waals surface area contributed by atoms with Crippen molar-refractivity contribution in [3.63, 3.8) is 0 Å². The Morgan fingerprint density at radius 2 is 2.21 bits per heavy atom. The molecular formula is C11H13NO2. The minimum absolute atomic E-state index is 0.0257. The number of rotatable bonds is 2. The van der Waals surface area contributed by atoms with Crippen molar-refractivity contribution >= 4 is 5.90 Å². The van der Waals surface area contributed by atoms with Crippen molar-refractivity contribution in [1.29, 1.82) is 0 Å². The van der Waals surface area contributed by atoms with E-state index in [1.165, 1.54) is 0 Å². The first-order valence-corrected chi connectivity index (χ1v) is 4.80. The summed E-state index contributed by atoms with van der Waals surface area (Å²) in [6, 6.07) is 10.1. The maximum absolute atomic E-state index is 5.28. The van der Waals surface area contributed by atoms with Gasteiger partial charge in [0, 0.05) is 0 Å². The van der Waals surface area contributed by atoms with Crippen LogP contribution in [0.3, 0.4) is 0 Å². The van der Waals surface area contributed by atoms with Crippen molar-refractivity contribution in [2.75, 3.05) is 6.61 Å². The molecule has 1 aromatic carbocycles. The van der Waals surface area contributed by atoms with Gasteiger partial charge in [-0.3, -0.25) is 0 Å². The molecule has 14 heavy (non-hydrogen) atoms. The van der Waals surface area contributed by atoms with E-state index in [4.69, 9.17) is 9.57 Å². The molecule has 1 aromatic rings. The fourth-order valence-corrected chi connectivity index (χ4v) is 1.45. The van der Waals surface area contributed by atoms with Gasteiger partial charge < -0.3 is 9.57 Å². The first-order chi connectivity index (χ1) is 6.90. The van der Waals surface area contributed by atoms with E-state index in [2.05, 4.69) is 5.16 Å². The second-order valence-electron chi connectivity index (χ2n) is 3.13. The lowest BCUT2D eigenvalue weighted by molar-refractivity contribution is 0.0853. The highest BCUT2D eigenvalue weighted by Crippen LogP contribution is 2.26. The van der Waals surface area contributed by atoms with E-state index in [9.17, 15) is 0 Å². The van der Waals surface area contributed by atoms with Gasteiger partial charge in [-0.05, 0) is 12.5 Å². The van der Waals surface area contributed by atoms with Crippen LogP contribution in [0.15, 0.2) is 35.5 Å². The Balaban J connectivity index is 1.99. The van der Waals surface area contributed by atoms with Crippen LogP contribution in [0.2, 0.25) is 0 Å². The number of nitrogens with zero attached hydrogens (tertiary/aromatic N) is 1. The van der Waals surface area contributed by atoms with Crippen molar-refractivity contribution < 1.29 is 9.57 Å². The zero-order valence-corrected chi connectivity index (χ0v) is 8.14. The van der Waals surface area contributed by atoms with Crippen LogP contribution in [-0.4, -0.2) is 12.5 Å². The van der Waals surface area contributed by atoms with E-state index in [-0.39, 0.29) is 6.10 Å². The minimum atomic E-state index is 0.0257. The summed E-state index contributed by atoms with van der Waals surface area (Å²) in [7, 11) is 0. The summed E-state index contributed by atoms with van der Waals surface area (Å²) in [5.41, 5.74) is 1.14. The lowest BCUT2D eigenvalue weighted by atomic mass is 10.1. The van der Waals surface area contributed by atoms with Crippen LogP contribution in [0.25, 0.3) is 0 Å². The summed E-state index contributed by atoms with van der Waals surface area (Å²) < 4.78 is 5.28. The molecule has 0 saturated carbocycles. The zero-order chi connectivity index (χ0) is 9.80. The van der Waals surface area contributed by atoms with E-state index in [0.29, 0.717) is 12.5 Å². The third-order valence-electron chi connectivity index (χ3n) is 2.12. The zero-order valence-electron chi connectivity index (χ0n) is 8.14. The molecule has 0 saturated heterocycles.